The number of hydrogen-bond acceptors (Lipinski definition) is 5. The van der Waals surface area contributed by atoms with Gasteiger partial charge in [-0.25, -0.2) is 0 Å². The third-order valence-corrected chi connectivity index (χ3v) is 20.1. The molecule has 0 bridgehead atoms. The van der Waals surface area contributed by atoms with Gasteiger partial charge in [0, 0.05) is 75.8 Å². The maximum absolute atomic E-state index is 6.38. The van der Waals surface area contributed by atoms with E-state index in [1.54, 1.807) is 0 Å². The lowest BCUT2D eigenvalue weighted by Gasteiger charge is -2.06. The summed E-state index contributed by atoms with van der Waals surface area (Å²) in [7, 11) is 0. The lowest BCUT2D eigenvalue weighted by atomic mass is 9.96. The smallest absolute Gasteiger partial charge is 0.143 e. The van der Waals surface area contributed by atoms with Gasteiger partial charge in [-0.05, 0) is 153 Å². The van der Waals surface area contributed by atoms with E-state index < -0.39 is 0 Å². The molecule has 0 unspecified atom stereocenters. The van der Waals surface area contributed by atoms with Gasteiger partial charge in [0.1, 0.15) is 55.8 Å². The Kier molecular flexibility index (Phi) is 14.6. The van der Waals surface area contributed by atoms with Crippen molar-refractivity contribution in [3.8, 4) is 11.1 Å². The first-order valence-corrected chi connectivity index (χ1v) is 34.2. The summed E-state index contributed by atoms with van der Waals surface area (Å²) in [4.78, 5) is 0. The van der Waals surface area contributed by atoms with Crippen molar-refractivity contribution in [3.05, 3.63) is 337 Å². The maximum Gasteiger partial charge on any atom is 0.143 e. The molecule has 0 spiro atoms. The van der Waals surface area contributed by atoms with Crippen molar-refractivity contribution in [3.63, 3.8) is 0 Å². The minimum atomic E-state index is 0.964. The van der Waals surface area contributed by atoms with Gasteiger partial charge in [0.25, 0.3) is 0 Å². The van der Waals surface area contributed by atoms with Crippen molar-refractivity contribution in [1.82, 2.24) is 0 Å². The van der Waals surface area contributed by atoms with Gasteiger partial charge in [0.2, 0.25) is 0 Å². The molecule has 0 atom stereocenters. The van der Waals surface area contributed by atoms with Gasteiger partial charge >= 0.3 is 0 Å². The molecule has 0 aliphatic heterocycles. The molecule has 0 aliphatic carbocycles. The van der Waals surface area contributed by atoms with Crippen LogP contribution in [-0.4, -0.2) is 0 Å². The summed E-state index contributed by atoms with van der Waals surface area (Å²) >= 11 is 0. The fraction of sp³-hybridized carbons (Fsp3) is 0.0526. The van der Waals surface area contributed by atoms with E-state index >= 15 is 0 Å². The molecule has 476 valence electrons. The average Bonchev–Trinajstić information content (AvgIpc) is 1.53. The first-order chi connectivity index (χ1) is 49.2. The van der Waals surface area contributed by atoms with E-state index in [4.69, 9.17) is 22.1 Å². The molecule has 17 aromatic carbocycles. The molecule has 0 N–H and O–H groups in total. The van der Waals surface area contributed by atoms with E-state index in [0.717, 1.165) is 61.4 Å². The fourth-order valence-electron chi connectivity index (χ4n) is 15.2. The van der Waals surface area contributed by atoms with Crippen LogP contribution in [0.25, 0.3) is 185 Å². The molecule has 0 amide bonds. The van der Waals surface area contributed by atoms with Crippen molar-refractivity contribution in [2.75, 3.05) is 0 Å². The number of aryl methyl sites for hydroxylation is 5. The lowest BCUT2D eigenvalue weighted by Crippen LogP contribution is -1.81. The van der Waals surface area contributed by atoms with Gasteiger partial charge in [0.15, 0.2) is 0 Å². The van der Waals surface area contributed by atoms with Crippen molar-refractivity contribution in [2.24, 2.45) is 0 Å². The molecule has 5 aromatic heterocycles. The summed E-state index contributed by atoms with van der Waals surface area (Å²) in [6, 6.07) is 108. The predicted molar refractivity (Wildman–Crippen MR) is 423 cm³/mol. The van der Waals surface area contributed by atoms with E-state index in [1.165, 1.54) is 152 Å². The zero-order valence-electron chi connectivity index (χ0n) is 56.0. The highest BCUT2D eigenvalue weighted by Crippen LogP contribution is 2.45. The van der Waals surface area contributed by atoms with Crippen LogP contribution in [0.3, 0.4) is 0 Å². The maximum atomic E-state index is 6.38. The van der Waals surface area contributed by atoms with E-state index in [1.807, 2.05) is 18.2 Å². The molecule has 0 fully saturated rings. The fourth-order valence-corrected chi connectivity index (χ4v) is 15.2. The minimum Gasteiger partial charge on any atom is -0.456 e. The third-order valence-electron chi connectivity index (χ3n) is 20.1. The van der Waals surface area contributed by atoms with Gasteiger partial charge in [0.05, 0.1) is 0 Å². The first-order valence-electron chi connectivity index (χ1n) is 34.2. The lowest BCUT2D eigenvalue weighted by molar-refractivity contribution is 0.666. The van der Waals surface area contributed by atoms with Gasteiger partial charge in [-0.1, -0.05) is 273 Å². The van der Waals surface area contributed by atoms with Crippen molar-refractivity contribution < 1.29 is 22.1 Å². The average molecular weight is 1290 g/mol. The Morgan fingerprint density at radius 1 is 0.180 bits per heavy atom. The zero-order valence-corrected chi connectivity index (χ0v) is 56.0. The minimum absolute atomic E-state index is 0.964. The SMILES string of the molecule is Cc1c2ccccc2cc2c1oc1ccccc12.Cc1cccc2c1oc1c(-c3ccccc3)cc3ccccc3c12.Cc1cccc2c1oc1c3ccccc3c3ccccc3c21.Cc1cccc2c1oc1c3ccccc3ccc21.Cc1cccc2c1oc1cc3ccccc3cc12. The van der Waals surface area contributed by atoms with Crippen molar-refractivity contribution in [2.45, 2.75) is 34.6 Å². The van der Waals surface area contributed by atoms with Crippen LogP contribution in [0, 0.1) is 34.6 Å². The summed E-state index contributed by atoms with van der Waals surface area (Å²) in [5.41, 5.74) is 18.2. The van der Waals surface area contributed by atoms with Crippen molar-refractivity contribution >= 4 is 174 Å². The summed E-state index contributed by atoms with van der Waals surface area (Å²) in [5, 5.41) is 27.0. The molecule has 5 heteroatoms. The summed E-state index contributed by atoms with van der Waals surface area (Å²) < 4.78 is 30.8. The number of hydrogen-bond donors (Lipinski definition) is 0. The highest BCUT2D eigenvalue weighted by atomic mass is 16.3. The Hall–Kier alpha value is -12.7. The molecule has 5 nitrogen and oxygen atoms in total. The monoisotopic (exact) mass is 1290 g/mol. The topological polar surface area (TPSA) is 65.7 Å². The molecular formula is C95H66O5. The second-order valence-electron chi connectivity index (χ2n) is 26.3. The number of rotatable bonds is 1. The molecular weight excluding hydrogens is 1220 g/mol. The quantitative estimate of drug-likeness (QED) is 0.153. The highest BCUT2D eigenvalue weighted by molar-refractivity contribution is 6.30. The Labute approximate surface area is 575 Å². The van der Waals surface area contributed by atoms with Gasteiger partial charge in [-0.2, -0.15) is 0 Å². The number of furan rings is 5. The van der Waals surface area contributed by atoms with E-state index in [2.05, 4.69) is 326 Å². The van der Waals surface area contributed by atoms with E-state index in [-0.39, 0.29) is 0 Å². The Morgan fingerprint density at radius 2 is 0.580 bits per heavy atom. The second kappa shape index (κ2) is 24.4. The Morgan fingerprint density at radius 3 is 1.24 bits per heavy atom. The number of benzene rings is 17. The van der Waals surface area contributed by atoms with Gasteiger partial charge in [-0.15, -0.1) is 0 Å². The molecule has 100 heavy (non-hydrogen) atoms. The highest BCUT2D eigenvalue weighted by Gasteiger charge is 2.20. The molecule has 22 aromatic rings. The Bertz CT molecular complexity index is 6950. The standard InChI is InChI=1S/C23H16O.C21H14O.3C17H12O/c1-15-8-7-13-19-21-18-12-6-5-11-17(18)14-20(23(21)24-22(15)19)16-9-3-2-4-10-16;1-13-7-6-12-18-19-16-10-4-2-8-14(16)15-9-3-5-11-17(15)21(19)22-20(13)18;1-11-5-4-8-14-15-9-12-6-2-3-7-13(12)10-16(15)18-17(11)14;1-11-5-4-8-14-15-10-9-12-6-2-3-7-13(12)17(15)18-16(11)14;1-11-13-7-3-2-6-12(13)10-15-14-8-4-5-9-16(14)18-17(11)15/h2-14H,1H3;2-12H,1H3;3*2-10H,1H3. The summed E-state index contributed by atoms with van der Waals surface area (Å²) in [6.07, 6.45) is 0. The summed E-state index contributed by atoms with van der Waals surface area (Å²) in [5.74, 6) is 0. The van der Waals surface area contributed by atoms with Crippen LogP contribution >= 0.6 is 0 Å². The van der Waals surface area contributed by atoms with Crippen LogP contribution in [0.1, 0.15) is 27.8 Å². The van der Waals surface area contributed by atoms with Crippen LogP contribution in [0.15, 0.2) is 331 Å². The van der Waals surface area contributed by atoms with E-state index in [9.17, 15) is 0 Å². The Balaban J connectivity index is 0.0000000905. The molecule has 0 aliphatic rings. The van der Waals surface area contributed by atoms with Crippen LogP contribution in [-0.2, 0) is 0 Å². The van der Waals surface area contributed by atoms with Gasteiger partial charge < -0.3 is 22.1 Å². The first kappa shape index (κ1) is 59.8. The van der Waals surface area contributed by atoms with E-state index in [0.29, 0.717) is 0 Å². The molecule has 5 heterocycles. The molecule has 0 radical (unpaired) electrons. The summed E-state index contributed by atoms with van der Waals surface area (Å²) in [6.45, 7) is 10.5. The second-order valence-corrected chi connectivity index (χ2v) is 26.3. The predicted octanol–water partition coefficient (Wildman–Crippen LogP) is 28.1. The van der Waals surface area contributed by atoms with Gasteiger partial charge in [-0.3, -0.25) is 0 Å². The zero-order chi connectivity index (χ0) is 67.1. The molecule has 0 saturated heterocycles. The number of fused-ring (bicyclic) bond motifs is 26. The van der Waals surface area contributed by atoms with Crippen molar-refractivity contribution in [1.29, 1.82) is 0 Å². The van der Waals surface area contributed by atoms with Crippen LogP contribution in [0.4, 0.5) is 0 Å². The molecule has 0 saturated carbocycles. The third kappa shape index (κ3) is 10.1. The largest absolute Gasteiger partial charge is 0.456 e. The van der Waals surface area contributed by atoms with Crippen LogP contribution < -0.4 is 0 Å². The number of para-hydroxylation sites is 5. The van der Waals surface area contributed by atoms with Crippen LogP contribution in [0.2, 0.25) is 0 Å². The normalized spacial score (nSPS) is 11.7. The molecule has 22 rings (SSSR count). The van der Waals surface area contributed by atoms with Crippen LogP contribution in [0.5, 0.6) is 0 Å².